The van der Waals surface area contributed by atoms with Crippen LogP contribution in [0.4, 0.5) is 0 Å². The van der Waals surface area contributed by atoms with Crippen LogP contribution in [-0.4, -0.2) is 51.1 Å². The predicted molar refractivity (Wildman–Crippen MR) is 112 cm³/mol. The number of fused-ring (bicyclic) bond motifs is 1. The van der Waals surface area contributed by atoms with Crippen molar-refractivity contribution in [2.45, 2.75) is 76.0 Å². The van der Waals surface area contributed by atoms with Crippen molar-refractivity contribution < 1.29 is 23.7 Å². The van der Waals surface area contributed by atoms with Crippen molar-refractivity contribution in [3.63, 3.8) is 0 Å². The van der Waals surface area contributed by atoms with Gasteiger partial charge in [0.25, 0.3) is 0 Å². The van der Waals surface area contributed by atoms with Crippen LogP contribution in [0, 0.1) is 0 Å². The molecule has 0 aromatic heterocycles. The standard InChI is InChI=1S/C22H34O5Si/c1-22(2,3)28(4,5)27-18-13-9-12-17-20(25-19(18)14-23)15-24-21(26-17)16-10-7-6-8-11-16/h6-12,17-21,23H,13-15H2,1-5H3/b12-9-/t17-,18+,19-,20+,21+/m0/s1. The molecule has 3 rings (SSSR count). The molecule has 0 bridgehead atoms. The molecule has 0 saturated carbocycles. The number of hydrogen-bond acceptors (Lipinski definition) is 5. The predicted octanol–water partition coefficient (Wildman–Crippen LogP) is 4.20. The van der Waals surface area contributed by atoms with E-state index in [0.29, 0.717) is 13.0 Å². The second-order valence-electron chi connectivity index (χ2n) is 9.15. The highest BCUT2D eigenvalue weighted by atomic mass is 28.4. The Morgan fingerprint density at radius 1 is 1.14 bits per heavy atom. The number of benzene rings is 1. The zero-order valence-corrected chi connectivity index (χ0v) is 18.6. The molecule has 1 saturated heterocycles. The molecule has 156 valence electrons. The summed E-state index contributed by atoms with van der Waals surface area (Å²) in [5, 5.41) is 10.1. The van der Waals surface area contributed by atoms with E-state index >= 15 is 0 Å². The van der Waals surface area contributed by atoms with Gasteiger partial charge in [-0.2, -0.15) is 0 Å². The fourth-order valence-electron chi connectivity index (χ4n) is 3.27. The number of rotatable bonds is 4. The van der Waals surface area contributed by atoms with E-state index < -0.39 is 20.7 Å². The summed E-state index contributed by atoms with van der Waals surface area (Å²) in [5.74, 6) is 0. The number of aliphatic hydroxyl groups excluding tert-OH is 1. The smallest absolute Gasteiger partial charge is 0.192 e. The number of ether oxygens (including phenoxy) is 3. The van der Waals surface area contributed by atoms with Gasteiger partial charge in [0.2, 0.25) is 0 Å². The Morgan fingerprint density at radius 2 is 1.86 bits per heavy atom. The van der Waals surface area contributed by atoms with Crippen LogP contribution in [0.25, 0.3) is 0 Å². The first kappa shape index (κ1) is 21.7. The van der Waals surface area contributed by atoms with Gasteiger partial charge in [-0.05, 0) is 24.6 Å². The van der Waals surface area contributed by atoms with Crippen molar-refractivity contribution in [1.29, 1.82) is 0 Å². The Labute approximate surface area is 169 Å². The van der Waals surface area contributed by atoms with Gasteiger partial charge in [0, 0.05) is 5.56 Å². The third-order valence-corrected chi connectivity index (χ3v) is 10.5. The molecule has 0 spiro atoms. The van der Waals surface area contributed by atoms with Gasteiger partial charge in [-0.3, -0.25) is 0 Å². The first-order chi connectivity index (χ1) is 13.2. The maximum atomic E-state index is 10.0. The Morgan fingerprint density at radius 3 is 2.50 bits per heavy atom. The third-order valence-electron chi connectivity index (χ3n) is 6.02. The molecule has 6 heteroatoms. The van der Waals surface area contributed by atoms with Gasteiger partial charge >= 0.3 is 0 Å². The van der Waals surface area contributed by atoms with Crippen LogP contribution in [0.15, 0.2) is 42.5 Å². The number of aliphatic hydroxyl groups is 1. The molecular formula is C22H34O5Si. The summed E-state index contributed by atoms with van der Waals surface area (Å²) in [7, 11) is -1.98. The van der Waals surface area contributed by atoms with E-state index in [2.05, 4.69) is 46.0 Å². The monoisotopic (exact) mass is 406 g/mol. The lowest BCUT2D eigenvalue weighted by atomic mass is 10.0. The minimum atomic E-state index is -1.98. The van der Waals surface area contributed by atoms with Crippen LogP contribution in [0.1, 0.15) is 39.0 Å². The van der Waals surface area contributed by atoms with Crippen LogP contribution in [0.3, 0.4) is 0 Å². The Bertz CT molecular complexity index is 655. The summed E-state index contributed by atoms with van der Waals surface area (Å²) in [4.78, 5) is 0. The molecule has 1 aromatic carbocycles. The summed E-state index contributed by atoms with van der Waals surface area (Å²) in [6.45, 7) is 11.4. The normalized spacial score (nSPS) is 32.9. The molecular weight excluding hydrogens is 372 g/mol. The van der Waals surface area contributed by atoms with Crippen LogP contribution in [0.5, 0.6) is 0 Å². The minimum Gasteiger partial charge on any atom is -0.411 e. The minimum absolute atomic E-state index is 0.0849. The van der Waals surface area contributed by atoms with Gasteiger partial charge in [0.15, 0.2) is 14.6 Å². The van der Waals surface area contributed by atoms with E-state index in [1.54, 1.807) is 0 Å². The molecule has 5 nitrogen and oxygen atoms in total. The fraction of sp³-hybridized carbons (Fsp3) is 0.636. The first-order valence-electron chi connectivity index (χ1n) is 10.1. The lowest BCUT2D eigenvalue weighted by Crippen LogP contribution is -2.52. The van der Waals surface area contributed by atoms with Crippen molar-refractivity contribution in [2.24, 2.45) is 0 Å². The molecule has 1 fully saturated rings. The second kappa shape index (κ2) is 8.77. The molecule has 0 radical (unpaired) electrons. The van der Waals surface area contributed by atoms with Crippen molar-refractivity contribution in [2.75, 3.05) is 13.2 Å². The molecule has 0 unspecified atom stereocenters. The van der Waals surface area contributed by atoms with Gasteiger partial charge < -0.3 is 23.7 Å². The van der Waals surface area contributed by atoms with Gasteiger partial charge in [-0.25, -0.2) is 0 Å². The lowest BCUT2D eigenvalue weighted by Gasteiger charge is -2.43. The van der Waals surface area contributed by atoms with Crippen LogP contribution >= 0.6 is 0 Å². The largest absolute Gasteiger partial charge is 0.411 e. The summed E-state index contributed by atoms with van der Waals surface area (Å²) in [6, 6.07) is 9.92. The highest BCUT2D eigenvalue weighted by molar-refractivity contribution is 6.74. The Balaban J connectivity index is 1.72. The highest BCUT2D eigenvalue weighted by Crippen LogP contribution is 2.39. The van der Waals surface area contributed by atoms with E-state index in [1.165, 1.54) is 0 Å². The molecule has 2 heterocycles. The summed E-state index contributed by atoms with van der Waals surface area (Å²) in [5.41, 5.74) is 0.995. The molecule has 0 amide bonds. The van der Waals surface area contributed by atoms with E-state index in [4.69, 9.17) is 18.6 Å². The maximum Gasteiger partial charge on any atom is 0.192 e. The van der Waals surface area contributed by atoms with Crippen LogP contribution in [-0.2, 0) is 18.6 Å². The summed E-state index contributed by atoms with van der Waals surface area (Å²) >= 11 is 0. The average Bonchev–Trinajstić information content (AvgIpc) is 2.64. The Kier molecular flexibility index (Phi) is 6.79. The van der Waals surface area contributed by atoms with E-state index in [1.807, 2.05) is 30.3 Å². The van der Waals surface area contributed by atoms with Crippen molar-refractivity contribution in [3.05, 3.63) is 48.0 Å². The number of hydrogen-bond donors (Lipinski definition) is 1. The van der Waals surface area contributed by atoms with E-state index in [9.17, 15) is 5.11 Å². The summed E-state index contributed by atoms with van der Waals surface area (Å²) in [6.07, 6.45) is 3.42. The molecule has 2 aliphatic heterocycles. The summed E-state index contributed by atoms with van der Waals surface area (Å²) < 4.78 is 24.9. The topological polar surface area (TPSA) is 57.2 Å². The van der Waals surface area contributed by atoms with Gasteiger partial charge in [0.1, 0.15) is 18.3 Å². The third kappa shape index (κ3) is 4.93. The molecule has 28 heavy (non-hydrogen) atoms. The van der Waals surface area contributed by atoms with Gasteiger partial charge in [-0.15, -0.1) is 0 Å². The van der Waals surface area contributed by atoms with Crippen LogP contribution in [0.2, 0.25) is 18.1 Å². The molecule has 1 aromatic rings. The SMILES string of the molecule is CC(C)(C)[Si](C)(C)O[C@@H]1C/C=C\[C@@H]2O[C@H](c3ccccc3)OC[C@H]2O[C@H]1CO. The first-order valence-corrected chi connectivity index (χ1v) is 13.0. The van der Waals surface area contributed by atoms with Gasteiger partial charge in [-0.1, -0.05) is 63.3 Å². The van der Waals surface area contributed by atoms with E-state index in [-0.39, 0.29) is 30.0 Å². The van der Waals surface area contributed by atoms with Crippen LogP contribution < -0.4 is 0 Å². The van der Waals surface area contributed by atoms with Crippen molar-refractivity contribution >= 4 is 8.32 Å². The molecule has 1 N–H and O–H groups in total. The van der Waals surface area contributed by atoms with Crippen molar-refractivity contribution in [3.8, 4) is 0 Å². The molecule has 0 aliphatic carbocycles. The van der Waals surface area contributed by atoms with Crippen molar-refractivity contribution in [1.82, 2.24) is 0 Å². The van der Waals surface area contributed by atoms with Gasteiger partial charge in [0.05, 0.1) is 19.3 Å². The zero-order valence-electron chi connectivity index (χ0n) is 17.6. The van der Waals surface area contributed by atoms with E-state index in [0.717, 1.165) is 5.56 Å². The second-order valence-corrected chi connectivity index (χ2v) is 13.9. The molecule has 5 atom stereocenters. The fourth-order valence-corrected chi connectivity index (χ4v) is 4.63. The zero-order chi connectivity index (χ0) is 20.4. The Hall–Kier alpha value is -1.02. The lowest BCUT2D eigenvalue weighted by molar-refractivity contribution is -0.268. The molecule has 2 aliphatic rings. The quantitative estimate of drug-likeness (QED) is 0.600. The highest BCUT2D eigenvalue weighted by Gasteiger charge is 2.42. The average molecular weight is 407 g/mol. The maximum absolute atomic E-state index is 10.0.